The van der Waals surface area contributed by atoms with Gasteiger partial charge in [0.15, 0.2) is 0 Å². The van der Waals surface area contributed by atoms with Gasteiger partial charge in [-0.15, -0.1) is 6.58 Å². The number of para-hydroxylation sites is 3. The number of anilines is 6. The Balaban J connectivity index is 0.000000157. The minimum atomic E-state index is -3.86. The molecule has 0 aromatic heterocycles. The van der Waals surface area contributed by atoms with Crippen LogP contribution < -0.4 is 44.7 Å². The molecule has 6 aromatic carbocycles. The average Bonchev–Trinajstić information content (AvgIpc) is 1.62. The SMILES string of the molecule is BrCC1CC1.C.C.C=CCCNc1cc(NS(=O)(=O)c2ccccc2OC)cc2c1CC(=O)C21CCC1.COc1ccccc1S(=O)(=O)Nc1cc(N)c2c(c1)C1(CCC1)C(=O)C2.COc1ccccc1S(=O)(=O)Nc1cc(NCC2CC2)c2c(c1)C1(CCC1)C(=O)C2. The number of hydrogen-bond acceptors (Lipinski definition) is 15. The first kappa shape index (κ1) is 69.9. The van der Waals surface area contributed by atoms with Crippen LogP contribution in [0.1, 0.15) is 138 Å². The Morgan fingerprint density at radius 2 is 0.860 bits per heavy atom. The van der Waals surface area contributed by atoms with E-state index in [9.17, 15) is 39.6 Å². The largest absolute Gasteiger partial charge is 0.495 e. The van der Waals surface area contributed by atoms with Crippen LogP contribution in [0.3, 0.4) is 0 Å². The summed E-state index contributed by atoms with van der Waals surface area (Å²) in [5, 5.41) is 8.08. The van der Waals surface area contributed by atoms with E-state index in [1.54, 1.807) is 72.8 Å². The third-order valence-corrected chi connectivity index (χ3v) is 24.4. The Morgan fingerprint density at radius 3 is 1.18 bits per heavy atom. The van der Waals surface area contributed by atoms with Gasteiger partial charge in [-0.3, -0.25) is 28.5 Å². The molecule has 0 aliphatic heterocycles. The summed E-state index contributed by atoms with van der Waals surface area (Å²) in [4.78, 5) is 38.4. The Kier molecular flexibility index (Phi) is 21.3. The molecular formula is C71H87BrN6O12S3. The molecule has 0 heterocycles. The van der Waals surface area contributed by atoms with Gasteiger partial charge in [0.1, 0.15) is 49.3 Å². The number of alkyl halides is 1. The summed E-state index contributed by atoms with van der Waals surface area (Å²) >= 11 is 3.38. The molecule has 93 heavy (non-hydrogen) atoms. The van der Waals surface area contributed by atoms with Crippen molar-refractivity contribution in [1.29, 1.82) is 0 Å². The highest BCUT2D eigenvalue weighted by atomic mass is 79.9. The molecule has 6 aromatic rings. The fraction of sp³-hybridized carbons (Fsp3) is 0.423. The van der Waals surface area contributed by atoms with Crippen molar-refractivity contribution in [3.8, 4) is 17.2 Å². The van der Waals surface area contributed by atoms with Gasteiger partial charge < -0.3 is 30.6 Å². The maximum Gasteiger partial charge on any atom is 0.265 e. The first-order chi connectivity index (χ1) is 43.6. The summed E-state index contributed by atoms with van der Waals surface area (Å²) in [6, 6.07) is 30.1. The van der Waals surface area contributed by atoms with Crippen molar-refractivity contribution in [2.75, 3.05) is 70.3 Å². The minimum absolute atomic E-state index is 0. The van der Waals surface area contributed by atoms with E-state index in [0.717, 1.165) is 121 Å². The maximum atomic E-state index is 13.1. The lowest BCUT2D eigenvalue weighted by molar-refractivity contribution is -0.126. The van der Waals surface area contributed by atoms with Crippen LogP contribution in [0.5, 0.6) is 17.2 Å². The summed E-state index contributed by atoms with van der Waals surface area (Å²) in [7, 11) is -7.22. The normalized spacial score (nSPS) is 17.8. The molecule has 0 radical (unpaired) electrons. The number of Topliss-reactive ketones (excluding diaryl/α,β-unsaturated/α-hetero) is 3. The van der Waals surface area contributed by atoms with Crippen molar-refractivity contribution in [2.45, 2.75) is 155 Å². The predicted octanol–water partition coefficient (Wildman–Crippen LogP) is 13.6. The molecule has 3 spiro atoms. The molecule has 0 amide bonds. The number of fused-ring (bicyclic) bond motifs is 6. The van der Waals surface area contributed by atoms with E-state index in [1.807, 2.05) is 24.3 Å². The van der Waals surface area contributed by atoms with Crippen LogP contribution in [0, 0.1) is 11.8 Å². The zero-order valence-electron chi connectivity index (χ0n) is 51.6. The highest BCUT2D eigenvalue weighted by Gasteiger charge is 2.53. The van der Waals surface area contributed by atoms with Crippen molar-refractivity contribution >= 4 is 97.5 Å². The zero-order valence-corrected chi connectivity index (χ0v) is 55.6. The van der Waals surface area contributed by atoms with Gasteiger partial charge in [-0.2, -0.15) is 0 Å². The molecule has 498 valence electrons. The lowest BCUT2D eigenvalue weighted by Gasteiger charge is -2.38. The van der Waals surface area contributed by atoms with Gasteiger partial charge >= 0.3 is 0 Å². The number of carbonyl (C=O) groups excluding carboxylic acids is 3. The molecule has 22 heteroatoms. The first-order valence-electron chi connectivity index (χ1n) is 31.1. The Bertz CT molecular complexity index is 4180. The fourth-order valence-electron chi connectivity index (χ4n) is 13.4. The summed E-state index contributed by atoms with van der Waals surface area (Å²) in [6.07, 6.45) is 17.1. The zero-order chi connectivity index (χ0) is 64.5. The van der Waals surface area contributed by atoms with Gasteiger partial charge in [0.2, 0.25) is 0 Å². The fourth-order valence-corrected chi connectivity index (χ4v) is 17.7. The maximum absolute atomic E-state index is 13.1. The molecular weight excluding hydrogens is 1300 g/mol. The molecule has 0 unspecified atom stereocenters. The standard InChI is InChI=1S/2C23H26N2O4S.C19H20N2O4S.C4H7Br.2CH4/c1-29-20-5-2-3-6-21(20)30(27,28)25-16-11-18-17(13-22(26)23(18)9-4-10-23)19(12-16)24-14-15-7-8-15;1-3-4-12-24-19-14-16(13-18-17(19)15-22(26)23(18)10-7-11-23)25-30(27,28)21-9-6-5-8-20(21)29-2;1-25-16-5-2-3-6-17(16)26(23,24)21-12-9-14-13(15(20)10-12)11-18(22)19(14)7-4-8-19;5-3-4-1-2-4;;/h2-3,5-6,11-12,15,24-25H,4,7-10,13-14H2,1H3;3,5-6,8-9,13-14,24-25H,1,4,7,10-12,15H2,2H3;2-3,5-6,9-10,21H,4,7-8,11,20H2,1H3;4H,1-3H2;2*1H4. The quantitative estimate of drug-likeness (QED) is 0.0180. The van der Waals surface area contributed by atoms with Crippen LogP contribution in [0.4, 0.5) is 34.1 Å². The van der Waals surface area contributed by atoms with E-state index >= 15 is 0 Å². The number of halogens is 1. The number of hydrogen-bond donors (Lipinski definition) is 6. The van der Waals surface area contributed by atoms with Crippen molar-refractivity contribution < 1.29 is 53.8 Å². The second kappa shape index (κ2) is 28.3. The molecule has 0 saturated heterocycles. The highest BCUT2D eigenvalue weighted by molar-refractivity contribution is 9.09. The Hall–Kier alpha value is -7.40. The van der Waals surface area contributed by atoms with Crippen LogP contribution in [-0.4, -0.2) is 82.4 Å². The van der Waals surface area contributed by atoms with Crippen molar-refractivity contribution in [2.24, 2.45) is 11.8 Å². The number of nitrogen functional groups attached to an aromatic ring is 1. The predicted molar refractivity (Wildman–Crippen MR) is 372 cm³/mol. The average molecular weight is 1390 g/mol. The number of carbonyl (C=O) groups is 3. The Morgan fingerprint density at radius 1 is 0.516 bits per heavy atom. The molecule has 0 atom stereocenters. The second-order valence-electron chi connectivity index (χ2n) is 25.0. The van der Waals surface area contributed by atoms with Crippen LogP contribution in [0.15, 0.2) is 137 Å². The summed E-state index contributed by atoms with van der Waals surface area (Å²) in [5.74, 6) is 3.25. The Labute approximate surface area is 557 Å². The van der Waals surface area contributed by atoms with Crippen molar-refractivity contribution in [3.05, 3.63) is 155 Å². The van der Waals surface area contributed by atoms with E-state index in [1.165, 1.54) is 70.5 Å². The van der Waals surface area contributed by atoms with Crippen LogP contribution in [-0.2, 0) is 80.0 Å². The number of ether oxygens (including phenoxy) is 3. The highest BCUT2D eigenvalue weighted by Crippen LogP contribution is 2.55. The smallest absolute Gasteiger partial charge is 0.265 e. The first-order valence-corrected chi connectivity index (χ1v) is 36.7. The second-order valence-corrected chi connectivity index (χ2v) is 30.6. The third-order valence-electron chi connectivity index (χ3n) is 19.3. The van der Waals surface area contributed by atoms with Crippen molar-refractivity contribution in [3.63, 3.8) is 0 Å². The van der Waals surface area contributed by atoms with Gasteiger partial charge in [0, 0.05) is 54.7 Å². The van der Waals surface area contributed by atoms with Gasteiger partial charge in [-0.25, -0.2) is 25.3 Å². The number of ketones is 3. The monoisotopic (exact) mass is 1390 g/mol. The molecule has 5 saturated carbocycles. The van der Waals surface area contributed by atoms with E-state index < -0.39 is 46.3 Å². The van der Waals surface area contributed by atoms with E-state index in [-0.39, 0.29) is 58.4 Å². The topological polar surface area (TPSA) is 267 Å². The molecule has 5 fully saturated rings. The lowest BCUT2D eigenvalue weighted by atomic mass is 9.64. The molecule has 8 aliphatic rings. The number of nitrogens with two attached hydrogens (primary N) is 1. The van der Waals surface area contributed by atoms with Gasteiger partial charge in [-0.1, -0.05) is 92.5 Å². The van der Waals surface area contributed by atoms with E-state index in [2.05, 4.69) is 47.3 Å². The minimum Gasteiger partial charge on any atom is -0.495 e. The third kappa shape index (κ3) is 14.1. The van der Waals surface area contributed by atoms with Crippen LogP contribution in [0.25, 0.3) is 0 Å². The molecule has 8 aliphatic carbocycles. The molecule has 0 bridgehead atoms. The van der Waals surface area contributed by atoms with Gasteiger partial charge in [0.25, 0.3) is 30.1 Å². The molecule has 7 N–H and O–H groups in total. The lowest BCUT2D eigenvalue weighted by Crippen LogP contribution is -2.39. The molecule has 18 nitrogen and oxygen atoms in total. The molecule has 14 rings (SSSR count). The van der Waals surface area contributed by atoms with E-state index in [4.69, 9.17) is 19.9 Å². The van der Waals surface area contributed by atoms with Crippen LogP contribution >= 0.6 is 15.9 Å². The summed E-state index contributed by atoms with van der Waals surface area (Å²) in [5.41, 5.74) is 14.0. The van der Waals surface area contributed by atoms with Gasteiger partial charge in [0.05, 0.1) is 54.6 Å². The number of sulfonamides is 3. The summed E-state index contributed by atoms with van der Waals surface area (Å²) in [6.45, 7) is 5.26. The summed E-state index contributed by atoms with van der Waals surface area (Å²) < 4.78 is 102. The van der Waals surface area contributed by atoms with Crippen molar-refractivity contribution in [1.82, 2.24) is 0 Å². The van der Waals surface area contributed by atoms with Crippen LogP contribution in [0.2, 0.25) is 0 Å². The van der Waals surface area contributed by atoms with E-state index in [0.29, 0.717) is 60.2 Å². The number of methoxy groups -OCH3 is 3. The number of rotatable bonds is 20. The van der Waals surface area contributed by atoms with Gasteiger partial charge in [-0.05, 0) is 189 Å². The number of benzene rings is 6. The number of nitrogens with one attached hydrogen (secondary N) is 5.